The molecule has 0 radical (unpaired) electrons. The molecule has 0 aliphatic carbocycles. The molecule has 3 heterocycles. The van der Waals surface area contributed by atoms with Gasteiger partial charge in [0.15, 0.2) is 0 Å². The summed E-state index contributed by atoms with van der Waals surface area (Å²) in [5.41, 5.74) is 2.41. The van der Waals surface area contributed by atoms with E-state index in [1.54, 1.807) is 35.7 Å². The van der Waals surface area contributed by atoms with Crippen molar-refractivity contribution in [3.05, 3.63) is 104 Å². The predicted octanol–water partition coefficient (Wildman–Crippen LogP) is 4.23. The molecule has 1 amide bonds. The first-order valence-electron chi connectivity index (χ1n) is 9.57. The lowest BCUT2D eigenvalue weighted by Gasteiger charge is -2.18. The van der Waals surface area contributed by atoms with Crippen LogP contribution in [0.15, 0.2) is 77.2 Å². The number of aryl methyl sites for hydroxylation is 1. The number of nitrogens with one attached hydrogen (secondary N) is 1. The van der Waals surface area contributed by atoms with Crippen molar-refractivity contribution in [1.29, 1.82) is 0 Å². The second-order valence-corrected chi connectivity index (χ2v) is 7.80. The van der Waals surface area contributed by atoms with Crippen molar-refractivity contribution < 1.29 is 4.79 Å². The highest BCUT2D eigenvalue weighted by atomic mass is 32.1. The summed E-state index contributed by atoms with van der Waals surface area (Å²) in [5, 5.41) is 5.01. The Labute approximate surface area is 172 Å². The Morgan fingerprint density at radius 2 is 1.97 bits per heavy atom. The number of carbonyl (C=O) groups is 1. The third-order valence-corrected chi connectivity index (χ3v) is 5.75. The molecule has 4 aromatic rings. The Balaban J connectivity index is 1.67. The zero-order valence-electron chi connectivity index (χ0n) is 16.0. The van der Waals surface area contributed by atoms with Crippen molar-refractivity contribution in [2.75, 3.05) is 0 Å². The molecule has 0 aliphatic heterocycles. The first kappa shape index (κ1) is 19.1. The summed E-state index contributed by atoms with van der Waals surface area (Å²) in [4.78, 5) is 31.0. The Morgan fingerprint density at radius 1 is 1.14 bits per heavy atom. The average Bonchev–Trinajstić information content (AvgIpc) is 3.28. The summed E-state index contributed by atoms with van der Waals surface area (Å²) in [7, 11) is 0. The van der Waals surface area contributed by atoms with E-state index in [2.05, 4.69) is 29.4 Å². The molecule has 29 heavy (non-hydrogen) atoms. The van der Waals surface area contributed by atoms with Gasteiger partial charge in [-0.1, -0.05) is 49.7 Å². The molecule has 0 fully saturated rings. The molecular formula is C23H21N3O2S. The van der Waals surface area contributed by atoms with E-state index in [1.807, 2.05) is 29.6 Å². The molecule has 0 bridgehead atoms. The zero-order valence-corrected chi connectivity index (χ0v) is 16.9. The fraction of sp³-hybridized carbons (Fsp3) is 0.174. The van der Waals surface area contributed by atoms with Crippen LogP contribution in [0.5, 0.6) is 0 Å². The largest absolute Gasteiger partial charge is 0.340 e. The van der Waals surface area contributed by atoms with Crippen molar-refractivity contribution >= 4 is 22.9 Å². The fourth-order valence-corrected chi connectivity index (χ4v) is 4.13. The van der Waals surface area contributed by atoms with Crippen LogP contribution in [0.4, 0.5) is 0 Å². The summed E-state index contributed by atoms with van der Waals surface area (Å²) in [6.45, 7) is 2.15. The molecule has 6 heteroatoms. The summed E-state index contributed by atoms with van der Waals surface area (Å²) < 4.78 is 1.38. The van der Waals surface area contributed by atoms with Crippen LogP contribution in [-0.2, 0) is 6.42 Å². The molecule has 0 saturated heterocycles. The number of amides is 1. The van der Waals surface area contributed by atoms with Crippen LogP contribution in [0, 0.1) is 0 Å². The number of hydrogen-bond acceptors (Lipinski definition) is 4. The maximum Gasteiger partial charge on any atom is 0.270 e. The van der Waals surface area contributed by atoms with Crippen molar-refractivity contribution in [3.8, 4) is 0 Å². The lowest BCUT2D eigenvalue weighted by atomic mass is 10.0. The minimum absolute atomic E-state index is 0.0258. The molecule has 3 aromatic heterocycles. The van der Waals surface area contributed by atoms with Gasteiger partial charge in [-0.05, 0) is 41.1 Å². The minimum atomic E-state index is -0.434. The van der Waals surface area contributed by atoms with Crippen molar-refractivity contribution in [3.63, 3.8) is 0 Å². The van der Waals surface area contributed by atoms with Crippen molar-refractivity contribution in [2.45, 2.75) is 25.8 Å². The number of benzene rings is 1. The summed E-state index contributed by atoms with van der Waals surface area (Å²) in [5.74, 6) is -0.434. The van der Waals surface area contributed by atoms with Crippen molar-refractivity contribution in [1.82, 2.24) is 14.7 Å². The van der Waals surface area contributed by atoms with Crippen molar-refractivity contribution in [2.24, 2.45) is 0 Å². The second kappa shape index (κ2) is 8.41. The first-order chi connectivity index (χ1) is 14.2. The molecule has 146 valence electrons. The zero-order chi connectivity index (χ0) is 20.2. The topological polar surface area (TPSA) is 63.5 Å². The number of pyridine rings is 1. The van der Waals surface area contributed by atoms with E-state index in [0.717, 1.165) is 23.3 Å². The Morgan fingerprint density at radius 3 is 2.69 bits per heavy atom. The highest BCUT2D eigenvalue weighted by Crippen LogP contribution is 2.27. The molecule has 1 N–H and O–H groups in total. The molecule has 1 unspecified atom stereocenters. The smallest absolute Gasteiger partial charge is 0.270 e. The summed E-state index contributed by atoms with van der Waals surface area (Å²) >= 11 is 1.57. The van der Waals surface area contributed by atoms with Crippen LogP contribution in [0.1, 0.15) is 45.7 Å². The number of carbonyl (C=O) groups excluding carboxylic acids is 1. The highest BCUT2D eigenvalue weighted by Gasteiger charge is 2.21. The second-order valence-electron chi connectivity index (χ2n) is 6.82. The molecular weight excluding hydrogens is 382 g/mol. The van der Waals surface area contributed by atoms with E-state index >= 15 is 0 Å². The highest BCUT2D eigenvalue weighted by molar-refractivity contribution is 7.10. The summed E-state index contributed by atoms with van der Waals surface area (Å²) in [6, 6.07) is 17.2. The van der Waals surface area contributed by atoms with Crippen LogP contribution in [-0.4, -0.2) is 15.3 Å². The van der Waals surface area contributed by atoms with E-state index in [9.17, 15) is 9.59 Å². The van der Waals surface area contributed by atoms with Gasteiger partial charge >= 0.3 is 0 Å². The number of nitrogens with zero attached hydrogens (tertiary/aromatic N) is 2. The quantitative estimate of drug-likeness (QED) is 0.524. The molecule has 1 atom stereocenters. The van der Waals surface area contributed by atoms with Gasteiger partial charge in [-0.2, -0.15) is 0 Å². The maximum atomic E-state index is 13.0. The SMILES string of the molecule is CCCc1ccc(C(NC(=O)c2cnc3ccccn3c2=O)c2cccs2)cc1. The standard InChI is InChI=1S/C23H21N3O2S/c1-2-6-16-9-11-17(12-10-16)21(19-7-5-14-29-19)25-22(27)18-15-24-20-8-3-4-13-26(20)23(18)28/h3-5,7-15,21H,2,6H2,1H3,(H,25,27). The minimum Gasteiger partial charge on any atom is -0.340 e. The fourth-order valence-electron chi connectivity index (χ4n) is 3.33. The van der Waals surface area contributed by atoms with Gasteiger partial charge in [0, 0.05) is 17.3 Å². The Hall–Kier alpha value is -3.25. The lowest BCUT2D eigenvalue weighted by Crippen LogP contribution is -2.34. The van der Waals surface area contributed by atoms with Gasteiger partial charge < -0.3 is 5.32 Å². The maximum absolute atomic E-state index is 13.0. The number of fused-ring (bicyclic) bond motifs is 1. The number of hydrogen-bond donors (Lipinski definition) is 1. The lowest BCUT2D eigenvalue weighted by molar-refractivity contribution is 0.0941. The molecule has 4 rings (SSSR count). The molecule has 0 saturated carbocycles. The van der Waals surface area contributed by atoms with E-state index in [4.69, 9.17) is 0 Å². The van der Waals surface area contributed by atoms with Gasteiger partial charge in [0.05, 0.1) is 6.04 Å². The van der Waals surface area contributed by atoms with E-state index < -0.39 is 5.91 Å². The van der Waals surface area contributed by atoms with Gasteiger partial charge in [0.25, 0.3) is 11.5 Å². The van der Waals surface area contributed by atoms with Gasteiger partial charge in [0.1, 0.15) is 11.2 Å². The molecule has 0 aliphatic rings. The molecule has 1 aromatic carbocycles. The van der Waals surface area contributed by atoms with E-state index in [0.29, 0.717) is 5.65 Å². The summed E-state index contributed by atoms with van der Waals surface area (Å²) in [6.07, 6.45) is 5.08. The van der Waals surface area contributed by atoms with Crippen LogP contribution >= 0.6 is 11.3 Å². The van der Waals surface area contributed by atoms with E-state index in [1.165, 1.54) is 16.2 Å². The average molecular weight is 404 g/mol. The molecule has 0 spiro atoms. The van der Waals surface area contributed by atoms with Crippen LogP contribution < -0.4 is 10.9 Å². The Kier molecular flexibility index (Phi) is 5.53. The molecule has 5 nitrogen and oxygen atoms in total. The third-order valence-electron chi connectivity index (χ3n) is 4.81. The third kappa shape index (κ3) is 3.98. The first-order valence-corrected chi connectivity index (χ1v) is 10.4. The van der Waals surface area contributed by atoms with Crippen LogP contribution in [0.3, 0.4) is 0 Å². The van der Waals surface area contributed by atoms with Gasteiger partial charge in [-0.15, -0.1) is 11.3 Å². The van der Waals surface area contributed by atoms with Crippen LogP contribution in [0.25, 0.3) is 5.65 Å². The monoisotopic (exact) mass is 403 g/mol. The van der Waals surface area contributed by atoms with E-state index in [-0.39, 0.29) is 17.2 Å². The van der Waals surface area contributed by atoms with Gasteiger partial charge in [0.2, 0.25) is 0 Å². The predicted molar refractivity (Wildman–Crippen MR) is 116 cm³/mol. The number of rotatable bonds is 6. The van der Waals surface area contributed by atoms with Gasteiger partial charge in [-0.25, -0.2) is 4.98 Å². The Bertz CT molecular complexity index is 1180. The van der Waals surface area contributed by atoms with Gasteiger partial charge in [-0.3, -0.25) is 14.0 Å². The normalized spacial score (nSPS) is 12.0. The van der Waals surface area contributed by atoms with Crippen LogP contribution in [0.2, 0.25) is 0 Å². The number of thiophene rings is 1. The number of aromatic nitrogens is 2.